The van der Waals surface area contributed by atoms with Crippen LogP contribution in [0.4, 0.5) is 0 Å². The van der Waals surface area contributed by atoms with Crippen LogP contribution in [0.25, 0.3) is 0 Å². The standard InChI is InChI=1S/C20H28N2O4/c1-3-21(14-18(23)24)15-8-12-22(13-9-15)19(25)20(10-11-20)16-6-4-5-7-17(16)26-2/h4-7,15H,3,8-14H2,1-2H3,(H,23,24). The summed E-state index contributed by atoms with van der Waals surface area (Å²) in [7, 11) is 1.65. The minimum Gasteiger partial charge on any atom is -0.496 e. The Morgan fingerprint density at radius 3 is 2.46 bits per heavy atom. The van der Waals surface area contributed by atoms with Gasteiger partial charge in [0.05, 0.1) is 19.1 Å². The van der Waals surface area contributed by atoms with Crippen LogP contribution in [0.3, 0.4) is 0 Å². The summed E-state index contributed by atoms with van der Waals surface area (Å²) >= 11 is 0. The lowest BCUT2D eigenvalue weighted by Gasteiger charge is -2.39. The van der Waals surface area contributed by atoms with E-state index in [0.29, 0.717) is 13.1 Å². The van der Waals surface area contributed by atoms with Crippen molar-refractivity contribution >= 4 is 11.9 Å². The van der Waals surface area contributed by atoms with Crippen molar-refractivity contribution in [1.29, 1.82) is 0 Å². The Balaban J connectivity index is 1.66. The lowest BCUT2D eigenvalue weighted by molar-refractivity contribution is -0.140. The van der Waals surface area contributed by atoms with Crippen molar-refractivity contribution in [2.75, 3.05) is 33.3 Å². The molecule has 0 bridgehead atoms. The molecule has 1 aliphatic heterocycles. The predicted molar refractivity (Wildman–Crippen MR) is 98.4 cm³/mol. The number of carbonyl (C=O) groups is 2. The van der Waals surface area contributed by atoms with Crippen LogP contribution in [0, 0.1) is 0 Å². The SMILES string of the molecule is CCN(CC(=O)O)C1CCN(C(=O)C2(c3ccccc3OC)CC2)CC1. The zero-order valence-corrected chi connectivity index (χ0v) is 15.6. The summed E-state index contributed by atoms with van der Waals surface area (Å²) in [4.78, 5) is 28.2. The van der Waals surface area contributed by atoms with Crippen LogP contribution in [0.1, 0.15) is 38.2 Å². The number of carboxylic acid groups (broad SMARTS) is 1. The zero-order chi connectivity index (χ0) is 18.7. The number of nitrogens with zero attached hydrogens (tertiary/aromatic N) is 2. The van der Waals surface area contributed by atoms with E-state index in [1.54, 1.807) is 7.11 Å². The monoisotopic (exact) mass is 360 g/mol. The van der Waals surface area contributed by atoms with Crippen LogP contribution < -0.4 is 4.74 Å². The van der Waals surface area contributed by atoms with Gasteiger partial charge >= 0.3 is 5.97 Å². The third-order valence-electron chi connectivity index (χ3n) is 5.79. The zero-order valence-electron chi connectivity index (χ0n) is 15.6. The minimum atomic E-state index is -0.793. The van der Waals surface area contributed by atoms with Crippen LogP contribution >= 0.6 is 0 Å². The van der Waals surface area contributed by atoms with Crippen molar-refractivity contribution in [2.45, 2.75) is 44.1 Å². The number of likely N-dealkylation sites (tertiary alicyclic amines) is 1. The molecule has 3 rings (SSSR count). The first-order chi connectivity index (χ1) is 12.5. The fourth-order valence-corrected chi connectivity index (χ4v) is 4.17. The van der Waals surface area contributed by atoms with Gasteiger partial charge in [0.1, 0.15) is 5.75 Å². The van der Waals surface area contributed by atoms with Gasteiger partial charge in [-0.25, -0.2) is 0 Å². The molecule has 1 aromatic carbocycles. The highest BCUT2D eigenvalue weighted by Crippen LogP contribution is 2.52. The summed E-state index contributed by atoms with van der Waals surface area (Å²) in [5.41, 5.74) is 0.570. The van der Waals surface area contributed by atoms with Gasteiger partial charge in [0.2, 0.25) is 5.91 Å². The molecule has 0 radical (unpaired) electrons. The lowest BCUT2D eigenvalue weighted by atomic mass is 9.91. The number of para-hydroxylation sites is 1. The molecule has 2 fully saturated rings. The minimum absolute atomic E-state index is 0.0697. The third-order valence-corrected chi connectivity index (χ3v) is 5.79. The van der Waals surface area contributed by atoms with E-state index in [4.69, 9.17) is 9.84 Å². The number of carbonyl (C=O) groups excluding carboxylic acids is 1. The number of benzene rings is 1. The molecule has 1 N–H and O–H groups in total. The fourth-order valence-electron chi connectivity index (χ4n) is 4.17. The summed E-state index contributed by atoms with van der Waals surface area (Å²) in [5, 5.41) is 9.06. The molecule has 26 heavy (non-hydrogen) atoms. The second-order valence-electron chi connectivity index (χ2n) is 7.26. The highest BCUT2D eigenvalue weighted by atomic mass is 16.5. The molecule has 2 aliphatic rings. The molecule has 1 heterocycles. The van der Waals surface area contributed by atoms with E-state index in [1.165, 1.54) is 0 Å². The first-order valence-electron chi connectivity index (χ1n) is 9.40. The summed E-state index contributed by atoms with van der Waals surface area (Å²) in [6.07, 6.45) is 3.39. The van der Waals surface area contributed by atoms with E-state index >= 15 is 0 Å². The average molecular weight is 360 g/mol. The smallest absolute Gasteiger partial charge is 0.317 e. The van der Waals surface area contributed by atoms with E-state index < -0.39 is 11.4 Å². The Labute approximate surface area is 154 Å². The van der Waals surface area contributed by atoms with Gasteiger partial charge in [0.15, 0.2) is 0 Å². The number of likely N-dealkylation sites (N-methyl/N-ethyl adjacent to an activating group) is 1. The molecule has 0 unspecified atom stereocenters. The van der Waals surface area contributed by atoms with Gasteiger partial charge in [-0.05, 0) is 38.3 Å². The van der Waals surface area contributed by atoms with Crippen LogP contribution in [-0.2, 0) is 15.0 Å². The highest BCUT2D eigenvalue weighted by molar-refractivity contribution is 5.92. The quantitative estimate of drug-likeness (QED) is 0.807. The summed E-state index contributed by atoms with van der Waals surface area (Å²) < 4.78 is 5.48. The van der Waals surface area contributed by atoms with E-state index in [1.807, 2.05) is 41.0 Å². The molecule has 1 saturated heterocycles. The Kier molecular flexibility index (Phi) is 5.51. The maximum atomic E-state index is 13.2. The number of aliphatic carboxylic acids is 1. The molecule has 0 atom stereocenters. The maximum Gasteiger partial charge on any atom is 0.317 e. The average Bonchev–Trinajstić information content (AvgIpc) is 3.47. The van der Waals surface area contributed by atoms with Gasteiger partial charge in [-0.15, -0.1) is 0 Å². The summed E-state index contributed by atoms with van der Waals surface area (Å²) in [6.45, 7) is 4.16. The van der Waals surface area contributed by atoms with Crippen molar-refractivity contribution in [1.82, 2.24) is 9.80 Å². The third kappa shape index (κ3) is 3.56. The second-order valence-corrected chi connectivity index (χ2v) is 7.26. The largest absolute Gasteiger partial charge is 0.496 e. The van der Waals surface area contributed by atoms with E-state index in [-0.39, 0.29) is 18.5 Å². The Bertz CT molecular complexity index is 664. The Hall–Kier alpha value is -2.08. The van der Waals surface area contributed by atoms with Crippen molar-refractivity contribution in [3.05, 3.63) is 29.8 Å². The van der Waals surface area contributed by atoms with Crippen molar-refractivity contribution < 1.29 is 19.4 Å². The Morgan fingerprint density at radius 2 is 1.92 bits per heavy atom. The van der Waals surface area contributed by atoms with Gasteiger partial charge in [-0.1, -0.05) is 25.1 Å². The maximum absolute atomic E-state index is 13.2. The Morgan fingerprint density at radius 1 is 1.27 bits per heavy atom. The van der Waals surface area contributed by atoms with Crippen molar-refractivity contribution in [3.8, 4) is 5.75 Å². The molecule has 142 valence electrons. The number of hydrogen-bond donors (Lipinski definition) is 1. The van der Waals surface area contributed by atoms with Crippen molar-refractivity contribution in [2.24, 2.45) is 0 Å². The molecular weight excluding hydrogens is 332 g/mol. The molecule has 1 amide bonds. The van der Waals surface area contributed by atoms with Gasteiger partial charge < -0.3 is 14.7 Å². The molecule has 1 aliphatic carbocycles. The number of hydrogen-bond acceptors (Lipinski definition) is 4. The molecule has 1 saturated carbocycles. The fraction of sp³-hybridized carbons (Fsp3) is 0.600. The van der Waals surface area contributed by atoms with E-state index in [2.05, 4.69) is 0 Å². The molecule has 0 spiro atoms. The van der Waals surface area contributed by atoms with E-state index in [0.717, 1.165) is 43.5 Å². The number of carboxylic acids is 1. The topological polar surface area (TPSA) is 70.1 Å². The molecule has 6 nitrogen and oxygen atoms in total. The molecule has 0 aromatic heterocycles. The molecule has 1 aromatic rings. The summed E-state index contributed by atoms with van der Waals surface area (Å²) in [6, 6.07) is 8.04. The summed E-state index contributed by atoms with van der Waals surface area (Å²) in [5.74, 6) is 0.187. The number of ether oxygens (including phenoxy) is 1. The van der Waals surface area contributed by atoms with Gasteiger partial charge in [-0.2, -0.15) is 0 Å². The second kappa shape index (κ2) is 7.66. The highest BCUT2D eigenvalue weighted by Gasteiger charge is 2.54. The van der Waals surface area contributed by atoms with Gasteiger partial charge in [0, 0.05) is 24.7 Å². The predicted octanol–water partition coefficient (Wildman–Crippen LogP) is 2.12. The number of methoxy groups -OCH3 is 1. The normalized spacial score (nSPS) is 19.4. The number of amides is 1. The van der Waals surface area contributed by atoms with Gasteiger partial charge in [0.25, 0.3) is 0 Å². The van der Waals surface area contributed by atoms with Crippen LogP contribution in [-0.4, -0.2) is 66.1 Å². The molecule has 6 heteroatoms. The van der Waals surface area contributed by atoms with Gasteiger partial charge in [-0.3, -0.25) is 14.5 Å². The lowest BCUT2D eigenvalue weighted by Crippen LogP contribution is -2.50. The molecular formula is C20H28N2O4. The van der Waals surface area contributed by atoms with Crippen LogP contribution in [0.15, 0.2) is 24.3 Å². The number of rotatable bonds is 7. The first-order valence-corrected chi connectivity index (χ1v) is 9.40. The van der Waals surface area contributed by atoms with Crippen LogP contribution in [0.2, 0.25) is 0 Å². The van der Waals surface area contributed by atoms with E-state index in [9.17, 15) is 9.59 Å². The first kappa shape index (κ1) is 18.7. The van der Waals surface area contributed by atoms with Crippen molar-refractivity contribution in [3.63, 3.8) is 0 Å². The van der Waals surface area contributed by atoms with Crippen LogP contribution in [0.5, 0.6) is 5.75 Å². The number of piperidine rings is 1.